The highest BCUT2D eigenvalue weighted by Crippen LogP contribution is 2.57. The highest BCUT2D eigenvalue weighted by atomic mass is 16.6. The monoisotopic (exact) mass is 213 g/mol. The Labute approximate surface area is 90.2 Å². The Morgan fingerprint density at radius 1 is 1.67 bits per heavy atom. The van der Waals surface area contributed by atoms with Gasteiger partial charge in [-0.05, 0) is 18.8 Å². The second kappa shape index (κ2) is 4.00. The number of carbonyl (C=O) groups excluding carboxylic acids is 1. The van der Waals surface area contributed by atoms with Crippen LogP contribution in [0.2, 0.25) is 0 Å². The molecule has 4 heteroatoms. The molecule has 1 amide bonds. The fraction of sp³-hybridized carbons (Fsp3) is 0.909. The summed E-state index contributed by atoms with van der Waals surface area (Å²) in [5.41, 5.74) is 0.0315. The lowest BCUT2D eigenvalue weighted by atomic mass is 10.1. The standard InChI is InChI=1S/C11H19NO3/c1-2-3-4-15-10(14)12-6-9-5-11(9,7-12)8-13/h9,13H,2-8H2,1H3. The maximum Gasteiger partial charge on any atom is 0.409 e. The smallest absolute Gasteiger partial charge is 0.409 e. The molecule has 0 spiro atoms. The van der Waals surface area contributed by atoms with Gasteiger partial charge in [0, 0.05) is 18.5 Å². The van der Waals surface area contributed by atoms with Gasteiger partial charge in [0.25, 0.3) is 0 Å². The Morgan fingerprint density at radius 3 is 3.07 bits per heavy atom. The summed E-state index contributed by atoms with van der Waals surface area (Å²) in [5.74, 6) is 0.515. The lowest BCUT2D eigenvalue weighted by molar-refractivity contribution is 0.0991. The van der Waals surface area contributed by atoms with Crippen LogP contribution in [0.15, 0.2) is 0 Å². The molecule has 2 fully saturated rings. The zero-order valence-corrected chi connectivity index (χ0v) is 9.24. The number of unbranched alkanes of at least 4 members (excludes halogenated alkanes) is 1. The molecule has 1 aliphatic heterocycles. The lowest BCUT2D eigenvalue weighted by Crippen LogP contribution is -2.33. The molecule has 4 nitrogen and oxygen atoms in total. The fourth-order valence-corrected chi connectivity index (χ4v) is 2.37. The van der Waals surface area contributed by atoms with E-state index in [4.69, 9.17) is 4.74 Å². The highest BCUT2D eigenvalue weighted by Gasteiger charge is 2.60. The number of likely N-dealkylation sites (tertiary alicyclic amines) is 1. The fourth-order valence-electron chi connectivity index (χ4n) is 2.37. The number of amides is 1. The number of hydrogen-bond acceptors (Lipinski definition) is 3. The summed E-state index contributed by atoms with van der Waals surface area (Å²) in [6.45, 7) is 4.24. The van der Waals surface area contributed by atoms with Crippen molar-refractivity contribution in [2.24, 2.45) is 11.3 Å². The third-order valence-electron chi connectivity index (χ3n) is 3.60. The van der Waals surface area contributed by atoms with Crippen molar-refractivity contribution in [1.82, 2.24) is 4.90 Å². The first-order chi connectivity index (χ1) is 7.22. The van der Waals surface area contributed by atoms with Crippen LogP contribution in [0.5, 0.6) is 0 Å². The maximum atomic E-state index is 11.6. The van der Waals surface area contributed by atoms with Crippen LogP contribution in [-0.4, -0.2) is 42.4 Å². The Bertz CT molecular complexity index is 252. The third kappa shape index (κ3) is 1.95. The first kappa shape index (κ1) is 10.7. The molecule has 0 aromatic heterocycles. The second-order valence-electron chi connectivity index (χ2n) is 4.77. The van der Waals surface area contributed by atoms with Crippen molar-refractivity contribution in [3.8, 4) is 0 Å². The first-order valence-corrected chi connectivity index (χ1v) is 5.74. The molecule has 2 atom stereocenters. The highest BCUT2D eigenvalue weighted by molar-refractivity contribution is 5.68. The van der Waals surface area contributed by atoms with Crippen LogP contribution in [0.25, 0.3) is 0 Å². The lowest BCUT2D eigenvalue weighted by Gasteiger charge is -2.19. The number of aliphatic hydroxyl groups excluding tert-OH is 1. The molecular formula is C11H19NO3. The number of aliphatic hydroxyl groups is 1. The van der Waals surface area contributed by atoms with E-state index in [2.05, 4.69) is 6.92 Å². The van der Waals surface area contributed by atoms with Gasteiger partial charge >= 0.3 is 6.09 Å². The van der Waals surface area contributed by atoms with Gasteiger partial charge in [-0.3, -0.25) is 0 Å². The van der Waals surface area contributed by atoms with Crippen LogP contribution >= 0.6 is 0 Å². The molecule has 2 aliphatic rings. The van der Waals surface area contributed by atoms with Gasteiger partial charge in [-0.2, -0.15) is 0 Å². The van der Waals surface area contributed by atoms with Crippen LogP contribution < -0.4 is 0 Å². The van der Waals surface area contributed by atoms with E-state index in [9.17, 15) is 9.90 Å². The number of rotatable bonds is 4. The van der Waals surface area contributed by atoms with Crippen molar-refractivity contribution >= 4 is 6.09 Å². The van der Waals surface area contributed by atoms with Gasteiger partial charge in [0.15, 0.2) is 0 Å². The van der Waals surface area contributed by atoms with Gasteiger partial charge in [0.2, 0.25) is 0 Å². The molecule has 1 heterocycles. The summed E-state index contributed by atoms with van der Waals surface area (Å²) in [5, 5.41) is 9.20. The van der Waals surface area contributed by atoms with Crippen molar-refractivity contribution < 1.29 is 14.6 Å². The molecule has 0 bridgehead atoms. The summed E-state index contributed by atoms with van der Waals surface area (Å²) in [6, 6.07) is 0. The molecule has 0 radical (unpaired) electrons. The van der Waals surface area contributed by atoms with Gasteiger partial charge < -0.3 is 14.7 Å². The predicted molar refractivity (Wildman–Crippen MR) is 55.5 cm³/mol. The van der Waals surface area contributed by atoms with Crippen LogP contribution in [-0.2, 0) is 4.74 Å². The van der Waals surface area contributed by atoms with E-state index in [-0.39, 0.29) is 18.1 Å². The van der Waals surface area contributed by atoms with Crippen LogP contribution in [0.3, 0.4) is 0 Å². The Balaban J connectivity index is 1.74. The summed E-state index contributed by atoms with van der Waals surface area (Å²) in [7, 11) is 0. The molecule has 1 aliphatic carbocycles. The van der Waals surface area contributed by atoms with Crippen molar-refractivity contribution in [3.63, 3.8) is 0 Å². The minimum atomic E-state index is -0.205. The number of fused-ring (bicyclic) bond motifs is 1. The quantitative estimate of drug-likeness (QED) is 0.715. The molecule has 15 heavy (non-hydrogen) atoms. The van der Waals surface area contributed by atoms with Crippen LogP contribution in [0.1, 0.15) is 26.2 Å². The van der Waals surface area contributed by atoms with Crippen LogP contribution in [0.4, 0.5) is 4.79 Å². The summed E-state index contributed by atoms with van der Waals surface area (Å²) >= 11 is 0. The normalized spacial score (nSPS) is 32.7. The van der Waals surface area contributed by atoms with Crippen molar-refractivity contribution in [3.05, 3.63) is 0 Å². The van der Waals surface area contributed by atoms with Crippen molar-refractivity contribution in [2.45, 2.75) is 26.2 Å². The van der Waals surface area contributed by atoms with E-state index in [1.807, 2.05) is 0 Å². The number of hydrogen-bond donors (Lipinski definition) is 1. The van der Waals surface area contributed by atoms with Gasteiger partial charge in [-0.15, -0.1) is 0 Å². The zero-order valence-electron chi connectivity index (χ0n) is 9.24. The minimum absolute atomic E-state index is 0.0315. The molecule has 0 aromatic rings. The molecule has 1 saturated carbocycles. The van der Waals surface area contributed by atoms with Gasteiger partial charge in [-0.1, -0.05) is 13.3 Å². The van der Waals surface area contributed by atoms with E-state index in [1.54, 1.807) is 4.90 Å². The van der Waals surface area contributed by atoms with Gasteiger partial charge in [-0.25, -0.2) is 4.79 Å². The van der Waals surface area contributed by atoms with Gasteiger partial charge in [0.1, 0.15) is 0 Å². The average molecular weight is 213 g/mol. The molecule has 1 N–H and O–H groups in total. The Morgan fingerprint density at radius 2 is 2.47 bits per heavy atom. The van der Waals surface area contributed by atoms with Crippen molar-refractivity contribution in [1.29, 1.82) is 0 Å². The van der Waals surface area contributed by atoms with E-state index < -0.39 is 0 Å². The first-order valence-electron chi connectivity index (χ1n) is 5.74. The number of piperidine rings is 1. The third-order valence-corrected chi connectivity index (χ3v) is 3.60. The van der Waals surface area contributed by atoms with Crippen molar-refractivity contribution in [2.75, 3.05) is 26.3 Å². The van der Waals surface area contributed by atoms with Crippen LogP contribution in [0, 0.1) is 11.3 Å². The molecule has 1 saturated heterocycles. The Hall–Kier alpha value is -0.770. The summed E-state index contributed by atoms with van der Waals surface area (Å²) in [4.78, 5) is 13.3. The largest absolute Gasteiger partial charge is 0.449 e. The summed E-state index contributed by atoms with van der Waals surface area (Å²) in [6.07, 6.45) is 2.83. The van der Waals surface area contributed by atoms with E-state index in [1.165, 1.54) is 0 Å². The average Bonchev–Trinajstić information content (AvgIpc) is 2.81. The van der Waals surface area contributed by atoms with Gasteiger partial charge in [0.05, 0.1) is 13.2 Å². The molecule has 0 aromatic carbocycles. The SMILES string of the molecule is CCCCOC(=O)N1CC2CC2(CO)C1. The maximum absolute atomic E-state index is 11.6. The molecule has 2 rings (SSSR count). The number of ether oxygens (including phenoxy) is 1. The van der Waals surface area contributed by atoms with E-state index in [0.717, 1.165) is 25.8 Å². The topological polar surface area (TPSA) is 49.8 Å². The molecular weight excluding hydrogens is 194 g/mol. The zero-order chi connectivity index (χ0) is 10.9. The predicted octanol–water partition coefficient (Wildman–Crippen LogP) is 1.24. The molecule has 2 unspecified atom stereocenters. The van der Waals surface area contributed by atoms with E-state index >= 15 is 0 Å². The molecule has 86 valence electrons. The minimum Gasteiger partial charge on any atom is -0.449 e. The number of nitrogens with zero attached hydrogens (tertiary/aromatic N) is 1. The second-order valence-corrected chi connectivity index (χ2v) is 4.77. The Kier molecular flexibility index (Phi) is 2.87. The number of carbonyl (C=O) groups is 1. The summed E-state index contributed by atoms with van der Waals surface area (Å²) < 4.78 is 5.13. The van der Waals surface area contributed by atoms with E-state index in [0.29, 0.717) is 19.1 Å².